The molecule has 0 saturated carbocycles. The molecule has 1 heterocycles. The number of carbonyl (C=O) groups excluding carboxylic acids is 1. The quantitative estimate of drug-likeness (QED) is 0.447. The third kappa shape index (κ3) is 3.30. The molecule has 1 atom stereocenters. The van der Waals surface area contributed by atoms with E-state index < -0.39 is 0 Å². The monoisotopic (exact) mass is 227 g/mol. The second-order valence-corrected chi connectivity index (χ2v) is 4.46. The second-order valence-electron chi connectivity index (χ2n) is 3.43. The molecule has 0 radical (unpaired) electrons. The van der Waals surface area contributed by atoms with Gasteiger partial charge in [-0.15, -0.1) is 11.3 Å². The van der Waals surface area contributed by atoms with Gasteiger partial charge in [-0.25, -0.2) is 5.84 Å². The lowest BCUT2D eigenvalue weighted by molar-refractivity contribution is -0.126. The molecule has 0 fully saturated rings. The van der Waals surface area contributed by atoms with Crippen LogP contribution in [0.15, 0.2) is 17.5 Å². The molecule has 0 aliphatic carbocycles. The maximum absolute atomic E-state index is 11.4. The van der Waals surface area contributed by atoms with E-state index in [0.717, 1.165) is 13.0 Å². The molecular formula is C10H17N3OS. The molecule has 1 rings (SSSR count). The third-order valence-electron chi connectivity index (χ3n) is 2.35. The van der Waals surface area contributed by atoms with Gasteiger partial charge in [0, 0.05) is 11.4 Å². The number of likely N-dealkylation sites (N-methyl/N-ethyl adjacent to an activating group) is 1. The topological polar surface area (TPSA) is 58.4 Å². The molecule has 0 bridgehead atoms. The summed E-state index contributed by atoms with van der Waals surface area (Å²) in [6.45, 7) is 2.76. The lowest BCUT2D eigenvalue weighted by Gasteiger charge is -2.24. The number of thiophene rings is 1. The number of carbonyl (C=O) groups is 1. The van der Waals surface area contributed by atoms with Crippen molar-refractivity contribution in [1.29, 1.82) is 0 Å². The predicted molar refractivity (Wildman–Crippen MR) is 62.2 cm³/mol. The van der Waals surface area contributed by atoms with Gasteiger partial charge in [0.05, 0.1) is 6.04 Å². The number of amides is 1. The van der Waals surface area contributed by atoms with Gasteiger partial charge in [0.15, 0.2) is 0 Å². The molecule has 3 N–H and O–H groups in total. The summed E-state index contributed by atoms with van der Waals surface area (Å²) in [4.78, 5) is 14.7. The number of nitrogens with two attached hydrogens (primary N) is 1. The maximum atomic E-state index is 11.4. The van der Waals surface area contributed by atoms with Crippen molar-refractivity contribution in [2.24, 2.45) is 5.84 Å². The van der Waals surface area contributed by atoms with Gasteiger partial charge >= 0.3 is 0 Å². The zero-order valence-corrected chi connectivity index (χ0v) is 9.88. The molecule has 5 heteroatoms. The molecule has 4 nitrogen and oxygen atoms in total. The highest BCUT2D eigenvalue weighted by Gasteiger charge is 2.20. The Morgan fingerprint density at radius 2 is 2.47 bits per heavy atom. The van der Waals surface area contributed by atoms with Gasteiger partial charge in [-0.2, -0.15) is 0 Å². The number of nitrogens with zero attached hydrogens (tertiary/aromatic N) is 1. The minimum atomic E-state index is -0.155. The Kier molecular flexibility index (Phi) is 4.74. The van der Waals surface area contributed by atoms with E-state index in [-0.39, 0.29) is 11.9 Å². The van der Waals surface area contributed by atoms with E-state index >= 15 is 0 Å². The summed E-state index contributed by atoms with van der Waals surface area (Å²) in [6, 6.07) is 3.92. The Morgan fingerprint density at radius 3 is 2.93 bits per heavy atom. The minimum absolute atomic E-state index is 0.128. The van der Waals surface area contributed by atoms with E-state index in [1.807, 2.05) is 30.3 Å². The first-order valence-electron chi connectivity index (χ1n) is 4.92. The van der Waals surface area contributed by atoms with Crippen molar-refractivity contribution in [2.45, 2.75) is 25.9 Å². The van der Waals surface area contributed by atoms with Crippen LogP contribution in [0.2, 0.25) is 0 Å². The fourth-order valence-electron chi connectivity index (χ4n) is 1.55. The van der Waals surface area contributed by atoms with Crippen LogP contribution in [0, 0.1) is 0 Å². The minimum Gasteiger partial charge on any atom is -0.293 e. The van der Waals surface area contributed by atoms with Crippen molar-refractivity contribution < 1.29 is 4.79 Å². The molecule has 0 aliphatic heterocycles. The Hall–Kier alpha value is -0.910. The fourth-order valence-corrected chi connectivity index (χ4v) is 2.32. The zero-order valence-electron chi connectivity index (χ0n) is 9.06. The van der Waals surface area contributed by atoms with Crippen molar-refractivity contribution in [3.63, 3.8) is 0 Å². The van der Waals surface area contributed by atoms with Crippen LogP contribution >= 0.6 is 11.3 Å². The fraction of sp³-hybridized carbons (Fsp3) is 0.500. The molecule has 1 aromatic rings. The van der Waals surface area contributed by atoms with Gasteiger partial charge in [0.1, 0.15) is 0 Å². The highest BCUT2D eigenvalue weighted by atomic mass is 32.1. The Morgan fingerprint density at radius 1 is 1.73 bits per heavy atom. The van der Waals surface area contributed by atoms with Crippen molar-refractivity contribution in [1.82, 2.24) is 10.3 Å². The van der Waals surface area contributed by atoms with E-state index in [1.54, 1.807) is 11.3 Å². The van der Waals surface area contributed by atoms with Crippen LogP contribution in [-0.4, -0.2) is 23.9 Å². The smallest absolute Gasteiger partial charge is 0.251 e. The van der Waals surface area contributed by atoms with E-state index in [9.17, 15) is 4.79 Å². The molecule has 0 saturated heterocycles. The van der Waals surface area contributed by atoms with Crippen LogP contribution in [0.4, 0.5) is 0 Å². The van der Waals surface area contributed by atoms with Crippen LogP contribution in [-0.2, 0) is 11.3 Å². The lowest BCUT2D eigenvalue weighted by atomic mass is 10.2. The summed E-state index contributed by atoms with van der Waals surface area (Å²) in [5, 5.41) is 2.03. The van der Waals surface area contributed by atoms with Crippen molar-refractivity contribution in [3.05, 3.63) is 22.4 Å². The Balaban J connectivity index is 2.57. The predicted octanol–water partition coefficient (Wildman–Crippen LogP) is 0.948. The standard InChI is InChI=1S/C10H17N3OS/c1-3-9(10(14)12-11)13(2)7-8-5-4-6-15-8/h4-6,9H,3,7,11H2,1-2H3,(H,12,14). The van der Waals surface area contributed by atoms with Crippen LogP contribution < -0.4 is 11.3 Å². The number of hydrogen-bond donors (Lipinski definition) is 2. The number of hydrogen-bond acceptors (Lipinski definition) is 4. The number of hydrazine groups is 1. The maximum Gasteiger partial charge on any atom is 0.251 e. The van der Waals surface area contributed by atoms with Crippen LogP contribution in [0.3, 0.4) is 0 Å². The van der Waals surface area contributed by atoms with Gasteiger partial charge < -0.3 is 0 Å². The Labute approximate surface area is 94.0 Å². The number of rotatable bonds is 5. The highest BCUT2D eigenvalue weighted by molar-refractivity contribution is 7.09. The summed E-state index contributed by atoms with van der Waals surface area (Å²) in [5.41, 5.74) is 2.20. The molecule has 1 unspecified atom stereocenters. The summed E-state index contributed by atoms with van der Waals surface area (Å²) < 4.78 is 0. The summed E-state index contributed by atoms with van der Waals surface area (Å²) >= 11 is 1.69. The van der Waals surface area contributed by atoms with E-state index in [4.69, 9.17) is 5.84 Å². The van der Waals surface area contributed by atoms with Crippen molar-refractivity contribution in [2.75, 3.05) is 7.05 Å². The Bertz CT molecular complexity index is 300. The molecular weight excluding hydrogens is 210 g/mol. The van der Waals surface area contributed by atoms with Crippen LogP contribution in [0.1, 0.15) is 18.2 Å². The average molecular weight is 227 g/mol. The zero-order chi connectivity index (χ0) is 11.3. The first kappa shape index (κ1) is 12.2. The van der Waals surface area contributed by atoms with Crippen molar-refractivity contribution >= 4 is 17.2 Å². The molecule has 0 aliphatic rings. The van der Waals surface area contributed by atoms with Gasteiger partial charge in [-0.1, -0.05) is 13.0 Å². The molecule has 0 aromatic carbocycles. The van der Waals surface area contributed by atoms with Gasteiger partial charge in [0.25, 0.3) is 5.91 Å². The van der Waals surface area contributed by atoms with E-state index in [1.165, 1.54) is 4.88 Å². The van der Waals surface area contributed by atoms with Gasteiger partial charge in [-0.05, 0) is 24.9 Å². The SMILES string of the molecule is CCC(C(=O)NN)N(C)Cc1cccs1. The molecule has 0 spiro atoms. The summed E-state index contributed by atoms with van der Waals surface area (Å²) in [7, 11) is 1.93. The van der Waals surface area contributed by atoms with Gasteiger partial charge in [-0.3, -0.25) is 15.1 Å². The molecule has 15 heavy (non-hydrogen) atoms. The normalized spacial score (nSPS) is 12.8. The first-order valence-corrected chi connectivity index (χ1v) is 5.80. The largest absolute Gasteiger partial charge is 0.293 e. The summed E-state index contributed by atoms with van der Waals surface area (Å²) in [5.74, 6) is 5.01. The second kappa shape index (κ2) is 5.85. The highest BCUT2D eigenvalue weighted by Crippen LogP contribution is 2.13. The van der Waals surface area contributed by atoms with Crippen molar-refractivity contribution in [3.8, 4) is 0 Å². The third-order valence-corrected chi connectivity index (χ3v) is 3.21. The summed E-state index contributed by atoms with van der Waals surface area (Å²) in [6.07, 6.45) is 0.755. The van der Waals surface area contributed by atoms with E-state index in [0.29, 0.717) is 0 Å². The molecule has 1 aromatic heterocycles. The average Bonchev–Trinajstić information content (AvgIpc) is 2.71. The number of nitrogens with one attached hydrogen (secondary N) is 1. The van der Waals surface area contributed by atoms with E-state index in [2.05, 4.69) is 11.5 Å². The van der Waals surface area contributed by atoms with Crippen LogP contribution in [0.25, 0.3) is 0 Å². The van der Waals surface area contributed by atoms with Crippen LogP contribution in [0.5, 0.6) is 0 Å². The lowest BCUT2D eigenvalue weighted by Crippen LogP contribution is -2.46. The first-order chi connectivity index (χ1) is 7.19. The molecule has 84 valence electrons. The van der Waals surface area contributed by atoms with Gasteiger partial charge in [0.2, 0.25) is 0 Å². The molecule has 1 amide bonds.